The fourth-order valence-electron chi connectivity index (χ4n) is 4.81. The molecule has 0 bridgehead atoms. The van der Waals surface area contributed by atoms with Crippen molar-refractivity contribution in [3.63, 3.8) is 0 Å². The first-order valence-corrected chi connectivity index (χ1v) is 12.8. The van der Waals surface area contributed by atoms with E-state index in [0.717, 1.165) is 57.4 Å². The van der Waals surface area contributed by atoms with E-state index >= 15 is 0 Å². The zero-order chi connectivity index (χ0) is 24.1. The second kappa shape index (κ2) is 9.89. The molecule has 0 aliphatic carbocycles. The maximum atomic E-state index is 13.6. The number of halogens is 2. The van der Waals surface area contributed by atoms with Gasteiger partial charge in [-0.05, 0) is 51.3 Å². The number of hydrogen-bond donors (Lipinski definition) is 1. The van der Waals surface area contributed by atoms with E-state index in [1.807, 2.05) is 0 Å². The molecule has 1 atom stereocenters. The Kier molecular flexibility index (Phi) is 6.82. The molecule has 3 aromatic heterocycles. The Bertz CT molecular complexity index is 1550. The van der Waals surface area contributed by atoms with Crippen LogP contribution < -0.4 is 5.32 Å². The van der Waals surface area contributed by atoms with Crippen molar-refractivity contribution < 1.29 is 4.39 Å². The van der Waals surface area contributed by atoms with Crippen LogP contribution in [0.15, 0.2) is 42.9 Å². The molecule has 7 nitrogen and oxygen atoms in total. The molecule has 1 aliphatic rings. The van der Waals surface area contributed by atoms with Gasteiger partial charge >= 0.3 is 0 Å². The highest BCUT2D eigenvalue weighted by Crippen LogP contribution is 2.40. The van der Waals surface area contributed by atoms with Crippen molar-refractivity contribution in [1.29, 1.82) is 0 Å². The topological polar surface area (TPSA) is 62.1 Å². The molecule has 4 heterocycles. The van der Waals surface area contributed by atoms with Crippen molar-refractivity contribution in [1.82, 2.24) is 29.5 Å². The lowest BCUT2D eigenvalue weighted by atomic mass is 10.1. The van der Waals surface area contributed by atoms with E-state index in [2.05, 4.69) is 62.2 Å². The zero-order valence-corrected chi connectivity index (χ0v) is 21.1. The third-order valence-electron chi connectivity index (χ3n) is 6.77. The quantitative estimate of drug-likeness (QED) is 0.293. The van der Waals surface area contributed by atoms with Gasteiger partial charge in [-0.3, -0.25) is 9.58 Å². The number of nitrogens with one attached hydrogen (secondary N) is 1. The number of rotatable bonds is 6. The monoisotopic (exact) mass is 525 g/mol. The van der Waals surface area contributed by atoms with Crippen LogP contribution in [0.5, 0.6) is 0 Å². The Morgan fingerprint density at radius 3 is 2.81 bits per heavy atom. The summed E-state index contributed by atoms with van der Waals surface area (Å²) < 4.78 is 16.8. The van der Waals surface area contributed by atoms with Crippen molar-refractivity contribution in [3.8, 4) is 0 Å². The minimum absolute atomic E-state index is 0. The first-order valence-electron chi connectivity index (χ1n) is 11.6. The van der Waals surface area contributed by atoms with Crippen molar-refractivity contribution in [2.24, 2.45) is 0 Å². The van der Waals surface area contributed by atoms with Crippen LogP contribution in [0.3, 0.4) is 0 Å². The van der Waals surface area contributed by atoms with Gasteiger partial charge in [0.25, 0.3) is 0 Å². The normalized spacial score (nSPS) is 16.4. The molecule has 2 aromatic carbocycles. The van der Waals surface area contributed by atoms with Gasteiger partial charge in [0.15, 0.2) is 0 Å². The van der Waals surface area contributed by atoms with Crippen molar-refractivity contribution >= 4 is 65.6 Å². The molecule has 6 rings (SSSR count). The molecule has 0 radical (unpaired) electrons. The first-order chi connectivity index (χ1) is 17.0. The van der Waals surface area contributed by atoms with Gasteiger partial charge in [-0.2, -0.15) is 5.10 Å². The molecule has 0 spiro atoms. The zero-order valence-electron chi connectivity index (χ0n) is 19.5. The van der Waals surface area contributed by atoms with Crippen LogP contribution in [0.2, 0.25) is 5.02 Å². The van der Waals surface area contributed by atoms with Gasteiger partial charge in [-0.15, -0.1) is 11.3 Å². The Balaban J connectivity index is 0.00000267. The molecule has 0 amide bonds. The molecule has 1 fully saturated rings. The summed E-state index contributed by atoms with van der Waals surface area (Å²) in [6.07, 6.45) is 4.91. The Hall–Kier alpha value is -2.85. The lowest BCUT2D eigenvalue weighted by molar-refractivity contribution is 0.261. The van der Waals surface area contributed by atoms with Crippen LogP contribution in [0.25, 0.3) is 31.2 Å². The number of fused-ring (bicyclic) bond motifs is 5. The molecule has 0 unspecified atom stereocenters. The van der Waals surface area contributed by atoms with Crippen molar-refractivity contribution in [3.05, 3.63) is 53.7 Å². The van der Waals surface area contributed by atoms with Crippen LogP contribution in [-0.2, 0) is 6.54 Å². The number of anilines is 2. The van der Waals surface area contributed by atoms with E-state index in [1.54, 1.807) is 29.8 Å². The second-order valence-corrected chi connectivity index (χ2v) is 10.6. The van der Waals surface area contributed by atoms with Crippen LogP contribution in [0, 0.1) is 5.82 Å². The number of likely N-dealkylation sites (tertiary alicyclic amines) is 1. The number of thiophene rings is 1. The lowest BCUT2D eigenvalue weighted by Crippen LogP contribution is -2.32. The number of hydrogen-bond acceptors (Lipinski definition) is 7. The highest BCUT2D eigenvalue weighted by molar-refractivity contribution is 7.26. The smallest absolute Gasteiger partial charge is 0.143 e. The van der Waals surface area contributed by atoms with E-state index in [0.29, 0.717) is 17.5 Å². The third kappa shape index (κ3) is 4.52. The van der Waals surface area contributed by atoms with Gasteiger partial charge in [-0.1, -0.05) is 25.1 Å². The minimum Gasteiger partial charge on any atom is -0.340 e. The summed E-state index contributed by atoms with van der Waals surface area (Å²) in [7, 11) is 4.31. The molecule has 5 aromatic rings. The molecule has 1 aliphatic heterocycles. The maximum absolute atomic E-state index is 13.6. The SMILES string of the molecule is C.CN(C)[C@@H]1CCN(CCn2cc3c(ccc4c3sc3ncnc(Nc5ccc(F)c(Cl)c5)c34)n2)C1. The predicted molar refractivity (Wildman–Crippen MR) is 148 cm³/mol. The lowest BCUT2D eigenvalue weighted by Gasteiger charge is -2.20. The largest absolute Gasteiger partial charge is 0.340 e. The fraction of sp³-hybridized carbons (Fsp3) is 0.346. The van der Waals surface area contributed by atoms with Crippen LogP contribution in [0.1, 0.15) is 13.8 Å². The van der Waals surface area contributed by atoms with Crippen LogP contribution in [-0.4, -0.2) is 69.3 Å². The van der Waals surface area contributed by atoms with E-state index in [9.17, 15) is 4.39 Å². The second-order valence-electron chi connectivity index (χ2n) is 9.23. The standard InChI is InChI=1S/C25H25ClFN7S.CH4/c1-32(2)16-7-8-33(12-16)9-10-34-13-18-21(31-34)6-4-17-22-24(28-14-29-25(22)35-23(17)18)30-15-3-5-20(27)19(26)11-15;/h3-6,11,13-14,16H,7-10,12H2,1-2H3,(H,28,29,30);1H4/t16-;/m1./s1. The molecule has 1 N–H and O–H groups in total. The number of likely N-dealkylation sites (N-methyl/N-ethyl adjacent to an activating group) is 1. The Morgan fingerprint density at radius 2 is 2.03 bits per heavy atom. The summed E-state index contributed by atoms with van der Waals surface area (Å²) in [4.78, 5) is 14.7. The third-order valence-corrected chi connectivity index (χ3v) is 8.21. The number of benzene rings is 2. The summed E-state index contributed by atoms with van der Waals surface area (Å²) in [5.41, 5.74) is 1.65. The molecule has 10 heteroatoms. The summed E-state index contributed by atoms with van der Waals surface area (Å²) in [6, 6.07) is 9.33. The predicted octanol–water partition coefficient (Wildman–Crippen LogP) is 6.00. The Labute approximate surface area is 218 Å². The maximum Gasteiger partial charge on any atom is 0.143 e. The van der Waals surface area contributed by atoms with Gasteiger partial charge in [0.1, 0.15) is 22.8 Å². The van der Waals surface area contributed by atoms with Crippen LogP contribution in [0.4, 0.5) is 15.9 Å². The molecular formula is C26H29ClFN7S. The summed E-state index contributed by atoms with van der Waals surface area (Å²) in [5, 5.41) is 11.3. The van der Waals surface area contributed by atoms with Crippen LogP contribution >= 0.6 is 22.9 Å². The highest BCUT2D eigenvalue weighted by atomic mass is 35.5. The van der Waals surface area contributed by atoms with Gasteiger partial charge in [0, 0.05) is 46.5 Å². The average Bonchev–Trinajstić information content (AvgIpc) is 3.56. The van der Waals surface area contributed by atoms with E-state index in [4.69, 9.17) is 16.7 Å². The number of nitrogens with zero attached hydrogens (tertiary/aromatic N) is 6. The summed E-state index contributed by atoms with van der Waals surface area (Å²) in [5.74, 6) is 0.216. The van der Waals surface area contributed by atoms with Crippen molar-refractivity contribution in [2.45, 2.75) is 26.4 Å². The van der Waals surface area contributed by atoms with Gasteiger partial charge in [0.05, 0.1) is 22.5 Å². The Morgan fingerprint density at radius 1 is 1.17 bits per heavy atom. The van der Waals surface area contributed by atoms with E-state index in [1.165, 1.54) is 12.5 Å². The van der Waals surface area contributed by atoms with Gasteiger partial charge in [0.2, 0.25) is 0 Å². The summed E-state index contributed by atoms with van der Waals surface area (Å²) in [6.45, 7) is 4.10. The molecule has 188 valence electrons. The fourth-order valence-corrected chi connectivity index (χ4v) is 6.14. The summed E-state index contributed by atoms with van der Waals surface area (Å²) >= 11 is 7.60. The highest BCUT2D eigenvalue weighted by Gasteiger charge is 2.23. The minimum atomic E-state index is -0.451. The molecule has 0 saturated carbocycles. The van der Waals surface area contributed by atoms with Gasteiger partial charge in [-0.25, -0.2) is 14.4 Å². The molecule has 1 saturated heterocycles. The van der Waals surface area contributed by atoms with E-state index in [-0.39, 0.29) is 12.4 Å². The van der Waals surface area contributed by atoms with Crippen molar-refractivity contribution in [2.75, 3.05) is 39.0 Å². The average molecular weight is 526 g/mol. The molecular weight excluding hydrogens is 497 g/mol. The first kappa shape index (κ1) is 24.8. The molecule has 36 heavy (non-hydrogen) atoms. The van der Waals surface area contributed by atoms with Gasteiger partial charge < -0.3 is 10.2 Å². The number of aromatic nitrogens is 4. The van der Waals surface area contributed by atoms with E-state index < -0.39 is 5.82 Å².